The number of rotatable bonds is 34. The number of hydrogen-bond donors (Lipinski definition) is 12. The van der Waals surface area contributed by atoms with Gasteiger partial charge in [0.15, 0.2) is 27.1 Å². The molecule has 0 saturated heterocycles. The number of aliphatic hydroxyl groups is 10. The molecule has 0 radical (unpaired) electrons. The first-order valence-corrected chi connectivity index (χ1v) is 57.8. The second-order valence-electron chi connectivity index (χ2n) is 40.5. The van der Waals surface area contributed by atoms with Crippen LogP contribution in [-0.4, -0.2) is 293 Å². The smallest absolute Gasteiger partial charge is 0.333 e. The molecule has 728 valence electrons. The topological polar surface area (TPSA) is 440 Å². The van der Waals surface area contributed by atoms with Crippen LogP contribution in [0, 0.1) is 29.6 Å². The molecule has 3 aromatic carbocycles. The van der Waals surface area contributed by atoms with Crippen LogP contribution in [0.2, 0.25) is 66.5 Å². The van der Waals surface area contributed by atoms with Crippen LogP contribution in [0.4, 0.5) is 0 Å². The van der Waals surface area contributed by atoms with Crippen molar-refractivity contribution in [3.63, 3.8) is 0 Å². The van der Waals surface area contributed by atoms with Crippen LogP contribution in [0.1, 0.15) is 260 Å². The number of hydrogen-bond acceptors (Lipinski definition) is 26. The SMILES string of the molecule is CC(C)[SiH](O[Si](OC[C@H]1C[C@@H](N2C(=O)c3ccccc3C2=O)[C@H](O)[C@@H]1O)(C(C)C)C(C)C)C(C)C.CO[C@@H]1[C@H](O)[C@@H](CO[Si](O[SiH](C(C)C)C(C)C)(C(C)C)C(C)C)C[C@H]1N.CO[C@@H]1[C@H](O)[C@@H](CO[Si](O[SiH](C(C)C)C(C)C)(C(C)C)C(C)C)C[C@H]1N1C(=O)c2ccccc2C1=O.Cl.N[C@@H]1C[C@H](CO)[C@@H](O)[C@H]1O.O=C1c2ccccc2C(=O)N1[C@@H]1C[C@H](CO)[C@@H](O)[C@H]1O. The fourth-order valence-corrected chi connectivity index (χ4v) is 51.8. The Bertz CT molecular complexity index is 3910. The molecule has 128 heavy (non-hydrogen) atoms. The van der Waals surface area contributed by atoms with Gasteiger partial charge < -0.3 is 97.6 Å². The van der Waals surface area contributed by atoms with Gasteiger partial charge in [0, 0.05) is 88.9 Å². The second-order valence-corrected chi connectivity index (χ2v) is 66.3. The molecule has 0 unspecified atom stereocenters. The van der Waals surface area contributed by atoms with Crippen LogP contribution in [0.3, 0.4) is 0 Å². The summed E-state index contributed by atoms with van der Waals surface area (Å²) in [5.41, 5.74) is 18.4. The van der Waals surface area contributed by atoms with Crippen molar-refractivity contribution in [2.75, 3.05) is 47.3 Å². The van der Waals surface area contributed by atoms with Gasteiger partial charge in [-0.1, -0.05) is 203 Å². The highest BCUT2D eigenvalue weighted by molar-refractivity contribution is 6.79. The number of fused-ring (bicyclic) bond motifs is 3. The van der Waals surface area contributed by atoms with Crippen molar-refractivity contribution < 1.29 is 115 Å². The third-order valence-electron chi connectivity index (χ3n) is 27.7. The second kappa shape index (κ2) is 48.6. The Balaban J connectivity index is 0.000000257. The summed E-state index contributed by atoms with van der Waals surface area (Å²) < 4.78 is 52.2. The third kappa shape index (κ3) is 24.4. The molecule has 36 heteroatoms. The Labute approximate surface area is 776 Å². The Morgan fingerprint density at radius 2 is 0.539 bits per heavy atom. The summed E-state index contributed by atoms with van der Waals surface area (Å²) in [5, 5.41) is 99.4. The number of ether oxygens (including phenoxy) is 2. The van der Waals surface area contributed by atoms with Crippen LogP contribution in [-0.2, 0) is 35.1 Å². The molecule has 8 aliphatic rings. The molecule has 0 bridgehead atoms. The molecule has 3 aromatic rings. The van der Waals surface area contributed by atoms with Crippen LogP contribution in [0.5, 0.6) is 0 Å². The number of carbonyl (C=O) groups is 6. The van der Waals surface area contributed by atoms with E-state index in [1.165, 1.54) is 12.0 Å². The number of imide groups is 3. The Kier molecular flexibility index (Phi) is 42.7. The largest absolute Gasteiger partial charge is 0.437 e. The summed E-state index contributed by atoms with van der Waals surface area (Å²) in [6.45, 7) is 53.9. The van der Waals surface area contributed by atoms with Crippen molar-refractivity contribution in [2.45, 2.75) is 356 Å². The Morgan fingerprint density at radius 3 is 0.766 bits per heavy atom. The number of carbonyl (C=O) groups excluding carboxylic acids is 6. The molecule has 0 spiro atoms. The van der Waals surface area contributed by atoms with Crippen LogP contribution >= 0.6 is 12.4 Å². The van der Waals surface area contributed by atoms with Gasteiger partial charge >= 0.3 is 25.7 Å². The van der Waals surface area contributed by atoms with E-state index in [0.29, 0.717) is 110 Å². The molecule has 3 aliphatic heterocycles. The number of benzene rings is 3. The summed E-state index contributed by atoms with van der Waals surface area (Å²) >= 11 is 0. The van der Waals surface area contributed by atoms with Gasteiger partial charge in [0.05, 0.1) is 94.2 Å². The first kappa shape index (κ1) is 113. The molecule has 6 amide bonds. The van der Waals surface area contributed by atoms with E-state index in [9.17, 15) is 59.4 Å². The molecule has 14 N–H and O–H groups in total. The summed E-state index contributed by atoms with van der Waals surface area (Å²) in [6, 6.07) is 17.4. The predicted octanol–water partition coefficient (Wildman–Crippen LogP) is 10.5. The van der Waals surface area contributed by atoms with Gasteiger partial charge in [-0.3, -0.25) is 43.5 Å². The lowest BCUT2D eigenvalue weighted by atomic mass is 10.1. The number of nitrogens with two attached hydrogens (primary N) is 2. The maximum atomic E-state index is 13.1. The van der Waals surface area contributed by atoms with E-state index < -0.39 is 161 Å². The van der Waals surface area contributed by atoms with Crippen LogP contribution < -0.4 is 11.5 Å². The molecular weight excluding hydrogens is 1760 g/mol. The highest BCUT2D eigenvalue weighted by atomic mass is 35.5. The normalized spacial score (nSPS) is 28.4. The number of methoxy groups -OCH3 is 2. The van der Waals surface area contributed by atoms with Crippen molar-refractivity contribution in [3.05, 3.63) is 106 Å². The van der Waals surface area contributed by atoms with Gasteiger partial charge in [0.25, 0.3) is 35.4 Å². The van der Waals surface area contributed by atoms with Crippen molar-refractivity contribution in [1.82, 2.24) is 14.7 Å². The maximum Gasteiger partial charge on any atom is 0.333 e. The average Bonchev–Trinajstić information content (AvgIpc) is 1.60. The summed E-state index contributed by atoms with van der Waals surface area (Å²) in [5.74, 6) is -3.82. The summed E-state index contributed by atoms with van der Waals surface area (Å²) in [6.07, 6.45) is -6.59. The molecule has 5 aliphatic carbocycles. The van der Waals surface area contributed by atoms with Crippen molar-refractivity contribution >= 4 is 101 Å². The average molecular weight is 1920 g/mol. The minimum Gasteiger partial charge on any atom is -0.437 e. The minimum absolute atomic E-state index is 0. The van der Waals surface area contributed by atoms with Gasteiger partial charge in [-0.2, -0.15) is 0 Å². The summed E-state index contributed by atoms with van der Waals surface area (Å²) in [7, 11) is -9.11. The molecular formula is C92H160ClN5O24Si6. The Hall–Kier alpha value is -4.13. The number of nitrogens with zero attached hydrogens (tertiary/aromatic N) is 3. The maximum absolute atomic E-state index is 13.1. The molecule has 29 nitrogen and oxygen atoms in total. The van der Waals surface area contributed by atoms with E-state index in [-0.39, 0.29) is 109 Å². The van der Waals surface area contributed by atoms with Crippen LogP contribution in [0.15, 0.2) is 72.8 Å². The standard InChI is InChI=1S/C27H45NO6Si2.C26H43NO6Si2.C19H43NO4Si2.C14H15NO5.C6H13NO3.ClH/c1-16(2)35(17(3)4)34-36(18(5)6,19(7)8)33-15-20-14-23(25(32-9)24(20)29)28-26(30)21-12-10-11-13-22(21)27(28)31;1-15(2)34(16(3)4)33-35(17(5)6,18(7)8)32-14-19-13-22(24(29)23(19)28)27-25(30)20-11-9-10-12-21(20)26(27)31;1-12(2)25(13(3)4)24-26(14(5)6,15(7)8)23-11-16-10-17(20)19(22-9)18(16)21;16-6-7-5-10(12(18)11(7)17)15-13(19)8-3-1-2-4-9(8)14(15)20;7-4-1-3(2-8)5(9)6(4)10;/h10-13,16-20,23-25,29,35H,14-15H2,1-9H3;9-12,15-19,22-24,28-29,34H,13-14H2,1-8H3;12-19,21,25H,10-11,20H2,1-9H3;1-4,7,10-12,16-18H,5-6H2;3-6,8-10H,1-2,7H2;1H/t20-,23-,24-,25+;19-,22-,23-,24+;16-,17-,18-,19+;7-,10-,11-,12+;3-,4-,5-,6+;/m11111./s1. The molecule has 20 atom stereocenters. The predicted molar refractivity (Wildman–Crippen MR) is 511 cm³/mol. The van der Waals surface area contributed by atoms with Gasteiger partial charge in [0.1, 0.15) is 18.3 Å². The third-order valence-corrected chi connectivity index (χ3v) is 54.8. The van der Waals surface area contributed by atoms with Gasteiger partial charge in [-0.05, 0) is 135 Å². The Morgan fingerprint density at radius 1 is 0.320 bits per heavy atom. The van der Waals surface area contributed by atoms with E-state index in [1.807, 2.05) is 0 Å². The lowest BCUT2D eigenvalue weighted by Crippen LogP contribution is -2.54. The molecule has 3 heterocycles. The van der Waals surface area contributed by atoms with E-state index in [1.54, 1.807) is 79.9 Å². The van der Waals surface area contributed by atoms with Crippen molar-refractivity contribution in [2.24, 2.45) is 41.1 Å². The van der Waals surface area contributed by atoms with E-state index in [0.717, 1.165) is 16.2 Å². The molecule has 0 aromatic heterocycles. The number of aliphatic hydroxyl groups excluding tert-OH is 10. The monoisotopic (exact) mass is 1920 g/mol. The van der Waals surface area contributed by atoms with Crippen molar-refractivity contribution in [1.29, 1.82) is 0 Å². The fourth-order valence-electron chi connectivity index (χ4n) is 20.7. The zero-order valence-corrected chi connectivity index (χ0v) is 88.1. The fraction of sp³-hybridized carbons (Fsp3) is 0.739. The van der Waals surface area contributed by atoms with Crippen molar-refractivity contribution in [3.8, 4) is 0 Å². The summed E-state index contributed by atoms with van der Waals surface area (Å²) in [4.78, 5) is 80.2. The zero-order valence-electron chi connectivity index (χ0n) is 80.8. The first-order valence-electron chi connectivity index (χ1n) is 46.5. The minimum atomic E-state index is -2.67. The zero-order chi connectivity index (χ0) is 95.6. The molecule has 5 fully saturated rings. The highest BCUT2D eigenvalue weighted by Gasteiger charge is 2.58. The number of halogens is 1. The van der Waals surface area contributed by atoms with E-state index >= 15 is 0 Å². The highest BCUT2D eigenvalue weighted by Crippen LogP contribution is 2.47. The molecule has 5 saturated carbocycles. The quantitative estimate of drug-likeness (QED) is 0.0195. The van der Waals surface area contributed by atoms with Gasteiger partial charge in [0.2, 0.25) is 0 Å². The number of amides is 6. The van der Waals surface area contributed by atoms with Crippen LogP contribution in [0.25, 0.3) is 0 Å². The van der Waals surface area contributed by atoms with Gasteiger partial charge in [-0.15, -0.1) is 12.4 Å². The lowest BCUT2D eigenvalue weighted by Gasteiger charge is -2.43. The molecule has 11 rings (SSSR count). The lowest BCUT2D eigenvalue weighted by molar-refractivity contribution is -0.0361. The van der Waals surface area contributed by atoms with Gasteiger partial charge in [-0.25, -0.2) is 0 Å². The van der Waals surface area contributed by atoms with E-state index in [2.05, 4.69) is 166 Å². The first-order chi connectivity index (χ1) is 59.4. The van der Waals surface area contributed by atoms with E-state index in [4.69, 9.17) is 67.0 Å².